The van der Waals surface area contributed by atoms with Crippen molar-refractivity contribution in [2.45, 2.75) is 6.42 Å². The fraction of sp³-hybridized carbons (Fsp3) is 0.800. The summed E-state index contributed by atoms with van der Waals surface area (Å²) in [5, 5.41) is 8.52. The SMILES string of the molecule is O[CH-][C@H]1CCN(P)C1.[Rb+]. The van der Waals surface area contributed by atoms with Crippen LogP contribution in [0.1, 0.15) is 6.42 Å². The molecule has 1 aliphatic rings. The van der Waals surface area contributed by atoms with E-state index < -0.39 is 0 Å². The Balaban J connectivity index is 0.000000640. The first kappa shape index (κ1) is 11.2. The Morgan fingerprint density at radius 2 is 2.33 bits per heavy atom. The van der Waals surface area contributed by atoms with Gasteiger partial charge < -0.3 is 5.11 Å². The molecule has 0 aromatic heterocycles. The predicted molar refractivity (Wildman–Crippen MR) is 35.6 cm³/mol. The second-order valence-corrected chi connectivity index (χ2v) is 2.92. The molecular formula is C5H11NOPRb. The molecule has 2 nitrogen and oxygen atoms in total. The smallest absolute Gasteiger partial charge is 0.566 e. The summed E-state index contributed by atoms with van der Waals surface area (Å²) in [6.45, 7) is 3.37. The maximum Gasteiger partial charge on any atom is 1.00 e. The van der Waals surface area contributed by atoms with Gasteiger partial charge in [-0.15, -0.1) is 5.92 Å². The first-order valence-electron chi connectivity index (χ1n) is 2.80. The van der Waals surface area contributed by atoms with Gasteiger partial charge in [-0.3, -0.25) is 4.67 Å². The quantitative estimate of drug-likeness (QED) is 0.392. The number of hydrogen-bond acceptors (Lipinski definition) is 2. The van der Waals surface area contributed by atoms with Crippen LogP contribution < -0.4 is 58.2 Å². The normalized spacial score (nSPS) is 28.0. The van der Waals surface area contributed by atoms with Gasteiger partial charge in [-0.1, -0.05) is 15.8 Å². The van der Waals surface area contributed by atoms with E-state index in [1.165, 1.54) is 6.61 Å². The summed E-state index contributed by atoms with van der Waals surface area (Å²) in [5.74, 6) is 0.410. The van der Waals surface area contributed by atoms with Crippen molar-refractivity contribution in [3.63, 3.8) is 0 Å². The molecule has 0 aromatic rings. The van der Waals surface area contributed by atoms with E-state index >= 15 is 0 Å². The molecule has 0 aromatic carbocycles. The average Bonchev–Trinajstić information content (AvgIpc) is 2.14. The molecule has 4 heteroatoms. The van der Waals surface area contributed by atoms with E-state index in [9.17, 15) is 0 Å². The third kappa shape index (κ3) is 3.90. The maximum atomic E-state index is 8.52. The van der Waals surface area contributed by atoms with Gasteiger partial charge in [0.25, 0.3) is 0 Å². The summed E-state index contributed by atoms with van der Waals surface area (Å²) < 4.78 is 2.14. The van der Waals surface area contributed by atoms with Gasteiger partial charge in [0.2, 0.25) is 0 Å². The fourth-order valence-corrected chi connectivity index (χ4v) is 1.36. The Kier molecular flexibility index (Phi) is 7.14. The third-order valence-corrected chi connectivity index (χ3v) is 1.94. The van der Waals surface area contributed by atoms with Crippen molar-refractivity contribution in [2.75, 3.05) is 13.1 Å². The first-order chi connectivity index (χ1) is 3.83. The summed E-state index contributed by atoms with van der Waals surface area (Å²) in [4.78, 5) is 0. The Bertz CT molecular complexity index is 83.4. The summed E-state index contributed by atoms with van der Waals surface area (Å²) in [6, 6.07) is 0. The van der Waals surface area contributed by atoms with Crippen LogP contribution in [-0.4, -0.2) is 22.9 Å². The van der Waals surface area contributed by atoms with E-state index in [4.69, 9.17) is 5.11 Å². The molecule has 1 unspecified atom stereocenters. The molecule has 48 valence electrons. The van der Waals surface area contributed by atoms with Crippen molar-refractivity contribution >= 4 is 9.39 Å². The zero-order valence-corrected chi connectivity index (χ0v) is 11.8. The van der Waals surface area contributed by atoms with E-state index in [2.05, 4.69) is 14.1 Å². The topological polar surface area (TPSA) is 23.5 Å². The second kappa shape index (κ2) is 5.76. The maximum absolute atomic E-state index is 8.52. The molecule has 0 spiro atoms. The summed E-state index contributed by atoms with van der Waals surface area (Å²) in [6.07, 6.45) is 1.10. The Hall–Kier alpha value is 2.16. The van der Waals surface area contributed by atoms with Gasteiger partial charge in [-0.2, -0.15) is 0 Å². The summed E-state index contributed by atoms with van der Waals surface area (Å²) in [7, 11) is 2.63. The molecular weight excluding hydrogens is 207 g/mol. The standard InChI is InChI=1S/C5H11NOP.Rb/c7-4-5-1-2-6(8)3-5;/h4-5,7H,1-3,8H2;/q-1;+1/t5-;/m0./s1. The summed E-state index contributed by atoms with van der Waals surface area (Å²) in [5.41, 5.74) is 0. The van der Waals surface area contributed by atoms with Gasteiger partial charge in [-0.25, -0.2) is 6.61 Å². The molecule has 1 aliphatic heterocycles. The Morgan fingerprint density at radius 3 is 2.56 bits per heavy atom. The molecule has 0 aliphatic carbocycles. The van der Waals surface area contributed by atoms with Crippen LogP contribution in [0.4, 0.5) is 0 Å². The van der Waals surface area contributed by atoms with Gasteiger partial charge in [0.15, 0.2) is 0 Å². The zero-order chi connectivity index (χ0) is 5.98. The van der Waals surface area contributed by atoms with E-state index in [1.54, 1.807) is 0 Å². The summed E-state index contributed by atoms with van der Waals surface area (Å²) >= 11 is 0. The van der Waals surface area contributed by atoms with Gasteiger partial charge in [0.05, 0.1) is 0 Å². The minimum absolute atomic E-state index is 0. The van der Waals surface area contributed by atoms with Crippen LogP contribution in [0.2, 0.25) is 0 Å². The number of aliphatic hydroxyl groups is 1. The molecule has 1 rings (SSSR count). The molecule has 0 amide bonds. The third-order valence-electron chi connectivity index (χ3n) is 1.47. The molecule has 1 fully saturated rings. The first-order valence-corrected chi connectivity index (χ1v) is 3.32. The van der Waals surface area contributed by atoms with Crippen molar-refractivity contribution < 1.29 is 63.3 Å². The Morgan fingerprint density at radius 1 is 1.67 bits per heavy atom. The van der Waals surface area contributed by atoms with Gasteiger partial charge >= 0.3 is 58.2 Å². The average molecular weight is 218 g/mol. The molecule has 0 bridgehead atoms. The molecule has 0 radical (unpaired) electrons. The number of hydrogen-bond donors (Lipinski definition) is 1. The van der Waals surface area contributed by atoms with E-state index in [1.807, 2.05) is 0 Å². The van der Waals surface area contributed by atoms with Crippen molar-refractivity contribution in [1.29, 1.82) is 0 Å². The van der Waals surface area contributed by atoms with Crippen LogP contribution in [-0.2, 0) is 0 Å². The fourth-order valence-electron chi connectivity index (χ4n) is 0.937. The van der Waals surface area contributed by atoms with Crippen molar-refractivity contribution in [1.82, 2.24) is 4.67 Å². The number of nitrogens with zero attached hydrogens (tertiary/aromatic N) is 1. The second-order valence-electron chi connectivity index (χ2n) is 2.19. The molecule has 1 saturated heterocycles. The van der Waals surface area contributed by atoms with Crippen LogP contribution in [0.5, 0.6) is 0 Å². The minimum Gasteiger partial charge on any atom is -0.566 e. The van der Waals surface area contributed by atoms with Gasteiger partial charge in [0, 0.05) is 0 Å². The van der Waals surface area contributed by atoms with Crippen LogP contribution in [0, 0.1) is 12.5 Å². The molecule has 9 heavy (non-hydrogen) atoms. The molecule has 0 saturated carbocycles. The minimum atomic E-state index is 0. The Labute approximate surface area is 107 Å². The van der Waals surface area contributed by atoms with Crippen LogP contribution >= 0.6 is 9.39 Å². The van der Waals surface area contributed by atoms with E-state index in [0.29, 0.717) is 5.92 Å². The largest absolute Gasteiger partial charge is 1.00 e. The number of rotatable bonds is 1. The zero-order valence-electron chi connectivity index (χ0n) is 5.75. The van der Waals surface area contributed by atoms with Crippen molar-refractivity contribution in [3.05, 3.63) is 6.61 Å². The van der Waals surface area contributed by atoms with Crippen LogP contribution in [0.15, 0.2) is 0 Å². The van der Waals surface area contributed by atoms with Gasteiger partial charge in [0.1, 0.15) is 0 Å². The van der Waals surface area contributed by atoms with E-state index in [-0.39, 0.29) is 58.2 Å². The van der Waals surface area contributed by atoms with E-state index in [0.717, 1.165) is 19.5 Å². The van der Waals surface area contributed by atoms with Crippen molar-refractivity contribution in [2.24, 2.45) is 5.92 Å². The van der Waals surface area contributed by atoms with Crippen LogP contribution in [0.25, 0.3) is 0 Å². The number of aliphatic hydroxyl groups excluding tert-OH is 1. The molecule has 1 heterocycles. The molecule has 1 N–H and O–H groups in total. The molecule has 2 atom stereocenters. The van der Waals surface area contributed by atoms with Crippen LogP contribution in [0.3, 0.4) is 0 Å². The van der Waals surface area contributed by atoms with Gasteiger partial charge in [-0.05, 0) is 13.1 Å². The predicted octanol–water partition coefficient (Wildman–Crippen LogP) is -2.36. The van der Waals surface area contributed by atoms with Crippen molar-refractivity contribution in [3.8, 4) is 0 Å². The monoisotopic (exact) mass is 217 g/mol.